The average Bonchev–Trinajstić information content (AvgIpc) is 2.89. The lowest BCUT2D eigenvalue weighted by Gasteiger charge is -2.02. The van der Waals surface area contributed by atoms with Gasteiger partial charge in [0, 0.05) is 0 Å². The minimum Gasteiger partial charge on any atom is -0.324 e. The Kier molecular flexibility index (Phi) is 3.05. The van der Waals surface area contributed by atoms with Crippen LogP contribution in [-0.4, -0.2) is 9.97 Å². The largest absolute Gasteiger partial charge is 0.324 e. The number of aromatic nitrogens is 2. The number of imidazole rings is 1. The molecule has 0 bridgehead atoms. The van der Waals surface area contributed by atoms with E-state index in [1.807, 2.05) is 18.2 Å². The Morgan fingerprint density at radius 3 is 2.94 bits per heavy atom. The van der Waals surface area contributed by atoms with Crippen LogP contribution in [0.25, 0.3) is 11.0 Å². The lowest BCUT2D eigenvalue weighted by molar-refractivity contribution is 1.30. The molecule has 0 unspecified atom stereocenters. The van der Waals surface area contributed by atoms with Crippen molar-refractivity contribution in [2.24, 2.45) is 0 Å². The lowest BCUT2D eigenvalue weighted by Crippen LogP contribution is -1.92. The highest BCUT2D eigenvalue weighted by molar-refractivity contribution is 9.11. The van der Waals surface area contributed by atoms with Crippen molar-refractivity contribution >= 4 is 61.5 Å². The number of benzene rings is 1. The van der Waals surface area contributed by atoms with Crippen LogP contribution in [0.5, 0.6) is 0 Å². The number of aromatic amines is 1. The molecule has 2 heterocycles. The number of thiophene rings is 1. The summed E-state index contributed by atoms with van der Waals surface area (Å²) >= 11 is 11.3. The SMILES string of the molecule is Cc1csc(Br)c1Nc1nc2c(Cl)cccc2[nH]1. The third kappa shape index (κ3) is 2.02. The van der Waals surface area contributed by atoms with E-state index in [0.29, 0.717) is 11.0 Å². The molecule has 0 spiro atoms. The van der Waals surface area contributed by atoms with Crippen molar-refractivity contribution < 1.29 is 0 Å². The number of para-hydroxylation sites is 1. The summed E-state index contributed by atoms with van der Waals surface area (Å²) in [6.45, 7) is 2.05. The molecule has 3 aromatic rings. The molecule has 92 valence electrons. The first-order valence-electron chi connectivity index (χ1n) is 5.30. The second-order valence-electron chi connectivity index (χ2n) is 3.91. The number of H-pyrrole nitrogens is 1. The normalized spacial score (nSPS) is 11.1. The minimum absolute atomic E-state index is 0.651. The number of fused-ring (bicyclic) bond motifs is 1. The molecule has 0 saturated carbocycles. The predicted molar refractivity (Wildman–Crippen MR) is 81.1 cm³/mol. The Morgan fingerprint density at radius 1 is 1.44 bits per heavy atom. The van der Waals surface area contributed by atoms with Crippen LogP contribution in [0.2, 0.25) is 5.02 Å². The zero-order chi connectivity index (χ0) is 12.7. The first-order chi connectivity index (χ1) is 8.65. The number of hydrogen-bond acceptors (Lipinski definition) is 3. The molecule has 1 aromatic carbocycles. The molecule has 3 rings (SSSR count). The van der Waals surface area contributed by atoms with Crippen LogP contribution in [-0.2, 0) is 0 Å². The summed E-state index contributed by atoms with van der Waals surface area (Å²) in [7, 11) is 0. The van der Waals surface area contributed by atoms with E-state index in [1.165, 1.54) is 5.56 Å². The van der Waals surface area contributed by atoms with Gasteiger partial charge >= 0.3 is 0 Å². The molecular formula is C12H9BrClN3S. The van der Waals surface area contributed by atoms with Crippen LogP contribution in [0.3, 0.4) is 0 Å². The van der Waals surface area contributed by atoms with Gasteiger partial charge in [-0.05, 0) is 45.9 Å². The Hall–Kier alpha value is -1.04. The summed E-state index contributed by atoms with van der Waals surface area (Å²) in [4.78, 5) is 7.66. The fourth-order valence-electron chi connectivity index (χ4n) is 1.74. The maximum Gasteiger partial charge on any atom is 0.205 e. The first-order valence-corrected chi connectivity index (χ1v) is 7.35. The highest BCUT2D eigenvalue weighted by atomic mass is 79.9. The summed E-state index contributed by atoms with van der Waals surface area (Å²) in [5.41, 5.74) is 3.92. The van der Waals surface area contributed by atoms with Gasteiger partial charge in [-0.25, -0.2) is 4.98 Å². The third-order valence-electron chi connectivity index (χ3n) is 2.64. The Labute approximate surface area is 121 Å². The fourth-order valence-corrected chi connectivity index (χ4v) is 3.37. The van der Waals surface area contributed by atoms with Gasteiger partial charge in [-0.15, -0.1) is 11.3 Å². The van der Waals surface area contributed by atoms with E-state index >= 15 is 0 Å². The summed E-state index contributed by atoms with van der Waals surface area (Å²) in [6, 6.07) is 5.69. The van der Waals surface area contributed by atoms with E-state index < -0.39 is 0 Å². The topological polar surface area (TPSA) is 40.7 Å². The van der Waals surface area contributed by atoms with E-state index in [0.717, 1.165) is 20.5 Å². The standard InChI is InChI=1S/C12H9BrClN3S/c1-6-5-18-11(13)9(6)16-12-15-8-4-2-3-7(14)10(8)17-12/h2-5H,1H3,(H2,15,16,17). The van der Waals surface area contributed by atoms with Crippen LogP contribution in [0, 0.1) is 6.92 Å². The molecule has 2 N–H and O–H groups in total. The van der Waals surface area contributed by atoms with Gasteiger partial charge in [0.15, 0.2) is 0 Å². The number of rotatable bonds is 2. The summed E-state index contributed by atoms with van der Waals surface area (Å²) in [6.07, 6.45) is 0. The number of anilines is 2. The predicted octanol–water partition coefficient (Wildman–Crippen LogP) is 5.09. The fraction of sp³-hybridized carbons (Fsp3) is 0.0833. The van der Waals surface area contributed by atoms with Gasteiger partial charge in [0.05, 0.1) is 20.0 Å². The molecule has 0 aliphatic heterocycles. The monoisotopic (exact) mass is 341 g/mol. The van der Waals surface area contributed by atoms with Gasteiger partial charge in [0.25, 0.3) is 0 Å². The Balaban J connectivity index is 2.03. The van der Waals surface area contributed by atoms with Crippen LogP contribution in [0.4, 0.5) is 11.6 Å². The van der Waals surface area contributed by atoms with E-state index in [2.05, 4.69) is 43.5 Å². The maximum absolute atomic E-state index is 6.10. The van der Waals surface area contributed by atoms with E-state index in [-0.39, 0.29) is 0 Å². The van der Waals surface area contributed by atoms with Gasteiger partial charge in [-0.2, -0.15) is 0 Å². The number of hydrogen-bond donors (Lipinski definition) is 2. The van der Waals surface area contributed by atoms with Crippen molar-refractivity contribution in [3.8, 4) is 0 Å². The van der Waals surface area contributed by atoms with E-state index in [4.69, 9.17) is 11.6 Å². The smallest absolute Gasteiger partial charge is 0.205 e. The van der Waals surface area contributed by atoms with Crippen molar-refractivity contribution in [1.29, 1.82) is 0 Å². The lowest BCUT2D eigenvalue weighted by atomic mass is 10.3. The van der Waals surface area contributed by atoms with Crippen molar-refractivity contribution in [3.05, 3.63) is 38.0 Å². The molecule has 0 radical (unpaired) electrons. The van der Waals surface area contributed by atoms with Crippen LogP contribution in [0.1, 0.15) is 5.56 Å². The average molecular weight is 343 g/mol. The highest BCUT2D eigenvalue weighted by Gasteiger charge is 2.10. The van der Waals surface area contributed by atoms with Gasteiger partial charge in [0.2, 0.25) is 5.95 Å². The van der Waals surface area contributed by atoms with Gasteiger partial charge in [-0.3, -0.25) is 0 Å². The van der Waals surface area contributed by atoms with Crippen molar-refractivity contribution in [3.63, 3.8) is 0 Å². The second kappa shape index (κ2) is 4.57. The van der Waals surface area contributed by atoms with Gasteiger partial charge in [0.1, 0.15) is 5.52 Å². The van der Waals surface area contributed by atoms with Crippen LogP contribution in [0.15, 0.2) is 27.4 Å². The zero-order valence-corrected chi connectivity index (χ0v) is 12.6. The highest BCUT2D eigenvalue weighted by Crippen LogP contribution is 2.35. The maximum atomic E-state index is 6.10. The number of nitrogens with zero attached hydrogens (tertiary/aromatic N) is 1. The number of halogens is 2. The second-order valence-corrected chi connectivity index (χ2v) is 6.52. The molecule has 2 aromatic heterocycles. The van der Waals surface area contributed by atoms with E-state index in [1.54, 1.807) is 11.3 Å². The Bertz CT molecular complexity index is 700. The van der Waals surface area contributed by atoms with Crippen molar-refractivity contribution in [1.82, 2.24) is 9.97 Å². The van der Waals surface area contributed by atoms with Crippen LogP contribution < -0.4 is 5.32 Å². The van der Waals surface area contributed by atoms with E-state index in [9.17, 15) is 0 Å². The number of aryl methyl sites for hydroxylation is 1. The molecule has 3 nitrogen and oxygen atoms in total. The Morgan fingerprint density at radius 2 is 2.28 bits per heavy atom. The third-order valence-corrected chi connectivity index (χ3v) is 4.78. The molecule has 0 atom stereocenters. The summed E-state index contributed by atoms with van der Waals surface area (Å²) in [5, 5.41) is 6.01. The molecule has 18 heavy (non-hydrogen) atoms. The molecule has 0 aliphatic rings. The minimum atomic E-state index is 0.651. The first kappa shape index (κ1) is 12.0. The quantitative estimate of drug-likeness (QED) is 0.681. The molecule has 0 aliphatic carbocycles. The molecule has 0 saturated heterocycles. The van der Waals surface area contributed by atoms with Gasteiger partial charge in [-0.1, -0.05) is 17.7 Å². The molecular weight excluding hydrogens is 334 g/mol. The van der Waals surface area contributed by atoms with Crippen molar-refractivity contribution in [2.45, 2.75) is 6.92 Å². The van der Waals surface area contributed by atoms with Gasteiger partial charge < -0.3 is 10.3 Å². The summed E-state index contributed by atoms with van der Waals surface area (Å²) < 4.78 is 1.06. The van der Waals surface area contributed by atoms with Crippen LogP contribution >= 0.6 is 38.9 Å². The molecule has 6 heteroatoms. The molecule has 0 amide bonds. The number of nitrogens with one attached hydrogen (secondary N) is 2. The van der Waals surface area contributed by atoms with Crippen molar-refractivity contribution in [2.75, 3.05) is 5.32 Å². The summed E-state index contributed by atoms with van der Waals surface area (Å²) in [5.74, 6) is 0.695. The zero-order valence-electron chi connectivity index (χ0n) is 9.42. The molecule has 0 fully saturated rings.